The Balaban J connectivity index is 1.67. The Morgan fingerprint density at radius 3 is 2.82 bits per heavy atom. The molecule has 3 aromatic rings. The van der Waals surface area contributed by atoms with E-state index in [1.807, 2.05) is 23.5 Å². The summed E-state index contributed by atoms with van der Waals surface area (Å²) in [6, 6.07) is 10.4. The van der Waals surface area contributed by atoms with Crippen LogP contribution in [0.3, 0.4) is 0 Å². The van der Waals surface area contributed by atoms with Gasteiger partial charge in [-0.25, -0.2) is 4.98 Å². The van der Waals surface area contributed by atoms with Gasteiger partial charge in [-0.15, -0.1) is 11.3 Å². The third kappa shape index (κ3) is 3.37. The minimum atomic E-state index is 0.713. The second-order valence-electron chi connectivity index (χ2n) is 5.02. The van der Waals surface area contributed by atoms with Gasteiger partial charge >= 0.3 is 0 Å². The Hall–Kier alpha value is -2.11. The zero-order valence-electron chi connectivity index (χ0n) is 12.6. The second-order valence-corrected chi connectivity index (χ2v) is 6.39. The van der Waals surface area contributed by atoms with Gasteiger partial charge in [0.05, 0.1) is 18.9 Å². The molecule has 4 nitrogen and oxygen atoms in total. The molecule has 114 valence electrons. The molecule has 0 saturated carbocycles. The molecule has 0 amide bonds. The van der Waals surface area contributed by atoms with Crippen LogP contribution in [0.4, 0.5) is 0 Å². The van der Waals surface area contributed by atoms with E-state index in [1.54, 1.807) is 13.3 Å². The van der Waals surface area contributed by atoms with Crippen molar-refractivity contribution < 1.29 is 9.15 Å². The predicted molar refractivity (Wildman–Crippen MR) is 88.1 cm³/mol. The Morgan fingerprint density at radius 2 is 2.14 bits per heavy atom. The quantitative estimate of drug-likeness (QED) is 0.747. The number of hydrogen-bond acceptors (Lipinski definition) is 5. The van der Waals surface area contributed by atoms with Gasteiger partial charge in [-0.3, -0.25) is 0 Å². The molecule has 22 heavy (non-hydrogen) atoms. The topological polar surface area (TPSA) is 47.3 Å². The molecule has 0 radical (unpaired) electrons. The summed E-state index contributed by atoms with van der Waals surface area (Å²) in [4.78, 5) is 6.64. The van der Waals surface area contributed by atoms with Crippen molar-refractivity contribution in [3.8, 4) is 17.1 Å². The standard InChI is InChI=1S/C17H18N2O2S/c1-12-3-5-14(22-12)9-18-8-13-4-6-15(16(7-13)20-2)17-10-19-11-21-17/h3-7,10-11,18H,8-9H2,1-2H3. The molecule has 0 aliphatic rings. The van der Waals surface area contributed by atoms with Crippen molar-refractivity contribution >= 4 is 11.3 Å². The van der Waals surface area contributed by atoms with Crippen LogP contribution in [-0.2, 0) is 13.1 Å². The fraction of sp³-hybridized carbons (Fsp3) is 0.235. The maximum Gasteiger partial charge on any atom is 0.181 e. The summed E-state index contributed by atoms with van der Waals surface area (Å²) in [7, 11) is 1.67. The molecule has 5 heteroatoms. The summed E-state index contributed by atoms with van der Waals surface area (Å²) in [5.41, 5.74) is 2.09. The first-order valence-electron chi connectivity index (χ1n) is 7.08. The van der Waals surface area contributed by atoms with Gasteiger partial charge in [-0.05, 0) is 36.8 Å². The van der Waals surface area contributed by atoms with Crippen LogP contribution in [0.25, 0.3) is 11.3 Å². The molecular formula is C17H18N2O2S. The van der Waals surface area contributed by atoms with Crippen LogP contribution >= 0.6 is 11.3 Å². The first-order valence-corrected chi connectivity index (χ1v) is 7.89. The highest BCUT2D eigenvalue weighted by Gasteiger charge is 2.09. The van der Waals surface area contributed by atoms with Gasteiger partial charge in [0.25, 0.3) is 0 Å². The fourth-order valence-electron chi connectivity index (χ4n) is 2.31. The number of oxazole rings is 1. The average Bonchev–Trinajstić information content (AvgIpc) is 3.19. The second kappa shape index (κ2) is 6.77. The molecule has 2 aromatic heterocycles. The van der Waals surface area contributed by atoms with Gasteiger partial charge in [-0.1, -0.05) is 6.07 Å². The summed E-state index contributed by atoms with van der Waals surface area (Å²) in [5, 5.41) is 3.46. The highest BCUT2D eigenvalue weighted by Crippen LogP contribution is 2.30. The predicted octanol–water partition coefficient (Wildman–Crippen LogP) is 4.01. The molecule has 2 heterocycles. The third-order valence-corrected chi connectivity index (χ3v) is 4.39. The number of thiophene rings is 1. The van der Waals surface area contributed by atoms with E-state index in [2.05, 4.69) is 35.4 Å². The van der Waals surface area contributed by atoms with E-state index >= 15 is 0 Å². The van der Waals surface area contributed by atoms with Gasteiger partial charge in [0.2, 0.25) is 0 Å². The van der Waals surface area contributed by atoms with Crippen molar-refractivity contribution in [2.75, 3.05) is 7.11 Å². The molecule has 0 aliphatic heterocycles. The average molecular weight is 314 g/mol. The minimum Gasteiger partial charge on any atom is -0.496 e. The number of nitrogens with zero attached hydrogens (tertiary/aromatic N) is 1. The van der Waals surface area contributed by atoms with Crippen LogP contribution in [0.1, 0.15) is 15.3 Å². The molecule has 0 unspecified atom stereocenters. The number of aryl methyl sites for hydroxylation is 1. The van der Waals surface area contributed by atoms with Gasteiger partial charge < -0.3 is 14.5 Å². The van der Waals surface area contributed by atoms with Crippen molar-refractivity contribution in [3.63, 3.8) is 0 Å². The molecule has 0 atom stereocenters. The first-order chi connectivity index (χ1) is 10.8. The Labute approximate surface area is 133 Å². The summed E-state index contributed by atoms with van der Waals surface area (Å²) in [5.74, 6) is 1.51. The zero-order chi connectivity index (χ0) is 15.4. The Kier molecular flexibility index (Phi) is 4.56. The summed E-state index contributed by atoms with van der Waals surface area (Å²) < 4.78 is 10.8. The van der Waals surface area contributed by atoms with E-state index in [0.29, 0.717) is 5.76 Å². The number of ether oxygens (including phenoxy) is 1. The van der Waals surface area contributed by atoms with Gasteiger partial charge in [-0.2, -0.15) is 0 Å². The maximum absolute atomic E-state index is 5.46. The smallest absolute Gasteiger partial charge is 0.181 e. The van der Waals surface area contributed by atoms with Crippen LogP contribution < -0.4 is 10.1 Å². The lowest BCUT2D eigenvalue weighted by molar-refractivity contribution is 0.414. The lowest BCUT2D eigenvalue weighted by Crippen LogP contribution is -2.11. The largest absolute Gasteiger partial charge is 0.496 e. The molecule has 0 fully saturated rings. The molecule has 1 aromatic carbocycles. The van der Waals surface area contributed by atoms with Gasteiger partial charge in [0.1, 0.15) is 5.75 Å². The van der Waals surface area contributed by atoms with Gasteiger partial charge in [0.15, 0.2) is 12.2 Å². The number of methoxy groups -OCH3 is 1. The summed E-state index contributed by atoms with van der Waals surface area (Å²) in [6.07, 6.45) is 3.11. The summed E-state index contributed by atoms with van der Waals surface area (Å²) in [6.45, 7) is 3.80. The number of benzene rings is 1. The van der Waals surface area contributed by atoms with E-state index in [4.69, 9.17) is 9.15 Å². The van der Waals surface area contributed by atoms with Crippen LogP contribution in [0.5, 0.6) is 5.75 Å². The van der Waals surface area contributed by atoms with E-state index < -0.39 is 0 Å². The van der Waals surface area contributed by atoms with Crippen LogP contribution in [0.15, 0.2) is 47.3 Å². The zero-order valence-corrected chi connectivity index (χ0v) is 13.4. The number of aromatic nitrogens is 1. The van der Waals surface area contributed by atoms with Crippen molar-refractivity contribution in [1.82, 2.24) is 10.3 Å². The lowest BCUT2D eigenvalue weighted by Gasteiger charge is -2.09. The van der Waals surface area contributed by atoms with Crippen molar-refractivity contribution in [2.24, 2.45) is 0 Å². The third-order valence-electron chi connectivity index (χ3n) is 3.39. The number of nitrogens with one attached hydrogen (secondary N) is 1. The maximum atomic E-state index is 5.46. The molecule has 0 saturated heterocycles. The molecule has 0 bridgehead atoms. The first kappa shape index (κ1) is 14.8. The molecule has 0 aliphatic carbocycles. The number of hydrogen-bond donors (Lipinski definition) is 1. The number of rotatable bonds is 6. The monoisotopic (exact) mass is 314 g/mol. The molecular weight excluding hydrogens is 296 g/mol. The molecule has 1 N–H and O–H groups in total. The highest BCUT2D eigenvalue weighted by atomic mass is 32.1. The SMILES string of the molecule is COc1cc(CNCc2ccc(C)s2)ccc1-c1cnco1. The summed E-state index contributed by atoms with van der Waals surface area (Å²) >= 11 is 1.82. The minimum absolute atomic E-state index is 0.713. The van der Waals surface area contributed by atoms with Crippen LogP contribution in [0, 0.1) is 6.92 Å². The highest BCUT2D eigenvalue weighted by molar-refractivity contribution is 7.11. The van der Waals surface area contributed by atoms with Crippen molar-refractivity contribution in [2.45, 2.75) is 20.0 Å². The van der Waals surface area contributed by atoms with E-state index in [1.165, 1.54) is 21.7 Å². The van der Waals surface area contributed by atoms with Crippen LogP contribution in [-0.4, -0.2) is 12.1 Å². The molecule has 3 rings (SSSR count). The fourth-order valence-corrected chi connectivity index (χ4v) is 3.17. The van der Waals surface area contributed by atoms with E-state index in [9.17, 15) is 0 Å². The van der Waals surface area contributed by atoms with E-state index in [0.717, 1.165) is 24.4 Å². The normalized spacial score (nSPS) is 10.8. The van der Waals surface area contributed by atoms with E-state index in [-0.39, 0.29) is 0 Å². The Bertz CT molecular complexity index is 735. The van der Waals surface area contributed by atoms with Crippen molar-refractivity contribution in [1.29, 1.82) is 0 Å². The Morgan fingerprint density at radius 1 is 1.23 bits per heavy atom. The van der Waals surface area contributed by atoms with Gasteiger partial charge in [0, 0.05) is 22.8 Å². The van der Waals surface area contributed by atoms with Crippen LogP contribution in [0.2, 0.25) is 0 Å². The lowest BCUT2D eigenvalue weighted by atomic mass is 10.1. The van der Waals surface area contributed by atoms with Crippen molar-refractivity contribution in [3.05, 3.63) is 58.2 Å². The molecule has 0 spiro atoms.